The second kappa shape index (κ2) is 7.05. The fraction of sp³-hybridized carbons (Fsp3) is 0.692. The zero-order chi connectivity index (χ0) is 12.0. The van der Waals surface area contributed by atoms with Crippen LogP contribution in [0, 0.1) is 6.92 Å². The van der Waals surface area contributed by atoms with Crippen molar-refractivity contribution in [2.24, 2.45) is 0 Å². The van der Waals surface area contributed by atoms with Crippen LogP contribution in [0.3, 0.4) is 0 Å². The van der Waals surface area contributed by atoms with Crippen LogP contribution in [-0.4, -0.2) is 19.3 Å². The van der Waals surface area contributed by atoms with E-state index in [1.807, 2.05) is 11.3 Å². The fourth-order valence-corrected chi connectivity index (χ4v) is 2.43. The number of aryl methyl sites for hydroxylation is 1. The van der Waals surface area contributed by atoms with Crippen molar-refractivity contribution >= 4 is 11.3 Å². The van der Waals surface area contributed by atoms with E-state index in [4.69, 9.17) is 4.74 Å². The monoisotopic (exact) mass is 241 g/mol. The molecule has 1 N–H and O–H groups in total. The van der Waals surface area contributed by atoms with E-state index < -0.39 is 0 Å². The summed E-state index contributed by atoms with van der Waals surface area (Å²) in [6, 6.07) is 4.73. The summed E-state index contributed by atoms with van der Waals surface area (Å²) in [6.07, 6.45) is 1.45. The highest BCUT2D eigenvalue weighted by atomic mass is 32.1. The Morgan fingerprint density at radius 3 is 2.62 bits per heavy atom. The van der Waals surface area contributed by atoms with Crippen molar-refractivity contribution in [2.45, 2.75) is 46.3 Å². The molecule has 0 bridgehead atoms. The van der Waals surface area contributed by atoms with Gasteiger partial charge in [-0.1, -0.05) is 6.92 Å². The van der Waals surface area contributed by atoms with Crippen LogP contribution in [-0.2, 0) is 4.74 Å². The lowest BCUT2D eigenvalue weighted by molar-refractivity contribution is 0.0618. The largest absolute Gasteiger partial charge is 0.377 e. The Balaban J connectivity index is 2.55. The Hall–Kier alpha value is -0.380. The molecule has 1 aromatic heterocycles. The molecule has 0 saturated heterocycles. The Morgan fingerprint density at radius 2 is 2.12 bits per heavy atom. The molecule has 2 nitrogen and oxygen atoms in total. The fourth-order valence-electron chi connectivity index (χ4n) is 1.49. The van der Waals surface area contributed by atoms with Crippen molar-refractivity contribution in [3.05, 3.63) is 21.9 Å². The van der Waals surface area contributed by atoms with Gasteiger partial charge in [-0.05, 0) is 45.9 Å². The lowest BCUT2D eigenvalue weighted by Crippen LogP contribution is -2.26. The van der Waals surface area contributed by atoms with E-state index in [1.165, 1.54) is 9.75 Å². The minimum absolute atomic E-state index is 0.298. The molecule has 0 saturated carbocycles. The maximum absolute atomic E-state index is 5.71. The van der Waals surface area contributed by atoms with Crippen LogP contribution >= 0.6 is 11.3 Å². The van der Waals surface area contributed by atoms with Gasteiger partial charge in [0.15, 0.2) is 0 Å². The summed E-state index contributed by atoms with van der Waals surface area (Å²) < 4.78 is 5.71. The minimum atomic E-state index is 0.298. The summed E-state index contributed by atoms with van der Waals surface area (Å²) in [4.78, 5) is 2.74. The highest BCUT2D eigenvalue weighted by Crippen LogP contribution is 2.23. The molecule has 0 amide bonds. The van der Waals surface area contributed by atoms with E-state index in [0.29, 0.717) is 12.1 Å². The molecule has 0 aliphatic carbocycles. The molecule has 0 aromatic carbocycles. The van der Waals surface area contributed by atoms with Crippen LogP contribution < -0.4 is 5.32 Å². The molecule has 0 fully saturated rings. The van der Waals surface area contributed by atoms with Crippen molar-refractivity contribution in [2.75, 3.05) is 13.2 Å². The normalized spacial score (nSPS) is 13.3. The number of nitrogens with one attached hydrogen (secondary N) is 1. The highest BCUT2D eigenvalue weighted by Gasteiger charge is 2.13. The van der Waals surface area contributed by atoms with Crippen LogP contribution in [0.25, 0.3) is 0 Å². The van der Waals surface area contributed by atoms with Crippen molar-refractivity contribution < 1.29 is 4.74 Å². The number of thiophene rings is 1. The molecule has 1 unspecified atom stereocenters. The molecular formula is C13H23NOS. The smallest absolute Gasteiger partial charge is 0.0672 e. The number of ether oxygens (including phenoxy) is 1. The van der Waals surface area contributed by atoms with Gasteiger partial charge >= 0.3 is 0 Å². The molecule has 3 heteroatoms. The molecule has 1 aromatic rings. The van der Waals surface area contributed by atoms with E-state index in [-0.39, 0.29) is 0 Å². The Morgan fingerprint density at radius 1 is 1.38 bits per heavy atom. The van der Waals surface area contributed by atoms with Crippen molar-refractivity contribution in [1.82, 2.24) is 5.32 Å². The molecule has 0 aliphatic heterocycles. The Kier molecular flexibility index (Phi) is 6.03. The number of hydrogen-bond acceptors (Lipinski definition) is 3. The predicted molar refractivity (Wildman–Crippen MR) is 71.2 cm³/mol. The predicted octanol–water partition coefficient (Wildman–Crippen LogP) is 3.52. The van der Waals surface area contributed by atoms with Gasteiger partial charge < -0.3 is 10.1 Å². The van der Waals surface area contributed by atoms with E-state index in [2.05, 4.69) is 45.1 Å². The van der Waals surface area contributed by atoms with Gasteiger partial charge in [0.1, 0.15) is 0 Å². The summed E-state index contributed by atoms with van der Waals surface area (Å²) in [7, 11) is 0. The van der Waals surface area contributed by atoms with Crippen molar-refractivity contribution in [3.63, 3.8) is 0 Å². The first-order valence-electron chi connectivity index (χ1n) is 6.04. The summed E-state index contributed by atoms with van der Waals surface area (Å²) in [5.74, 6) is 0. The third-order valence-corrected chi connectivity index (χ3v) is 3.46. The van der Waals surface area contributed by atoms with Gasteiger partial charge in [-0.15, -0.1) is 11.3 Å². The van der Waals surface area contributed by atoms with Gasteiger partial charge in [0.25, 0.3) is 0 Å². The highest BCUT2D eigenvalue weighted by molar-refractivity contribution is 7.12. The molecule has 1 heterocycles. The van der Waals surface area contributed by atoms with E-state index in [0.717, 1.165) is 19.6 Å². The van der Waals surface area contributed by atoms with Crippen LogP contribution in [0.1, 0.15) is 43.0 Å². The molecule has 0 aliphatic rings. The molecule has 16 heavy (non-hydrogen) atoms. The molecule has 1 atom stereocenters. The summed E-state index contributed by atoms with van der Waals surface area (Å²) in [5.41, 5.74) is 0. The molecule has 0 spiro atoms. The van der Waals surface area contributed by atoms with E-state index >= 15 is 0 Å². The van der Waals surface area contributed by atoms with Gasteiger partial charge in [0.05, 0.1) is 18.8 Å². The summed E-state index contributed by atoms with van der Waals surface area (Å²) in [5, 5.41) is 3.54. The van der Waals surface area contributed by atoms with Gasteiger partial charge in [0, 0.05) is 9.75 Å². The molecule has 0 radical (unpaired) electrons. The zero-order valence-electron chi connectivity index (χ0n) is 10.7. The molecule has 1 rings (SSSR count). The first-order chi connectivity index (χ1) is 7.63. The maximum atomic E-state index is 5.71. The number of rotatable bonds is 7. The van der Waals surface area contributed by atoms with Gasteiger partial charge in [0.2, 0.25) is 0 Å². The van der Waals surface area contributed by atoms with Crippen molar-refractivity contribution in [1.29, 1.82) is 0 Å². The number of hydrogen-bond donors (Lipinski definition) is 1. The Labute approximate surface area is 103 Å². The average molecular weight is 241 g/mol. The zero-order valence-corrected chi connectivity index (χ0v) is 11.6. The minimum Gasteiger partial charge on any atom is -0.377 e. The third-order valence-electron chi connectivity index (χ3n) is 2.34. The van der Waals surface area contributed by atoms with Crippen molar-refractivity contribution in [3.8, 4) is 0 Å². The standard InChI is InChI=1S/C13H23NOS/c1-5-8-14-12(9-15-10(2)3)13-7-6-11(4)16-13/h6-7,10,12,14H,5,8-9H2,1-4H3. The summed E-state index contributed by atoms with van der Waals surface area (Å²) >= 11 is 1.86. The molecule has 92 valence electrons. The van der Waals surface area contributed by atoms with Crippen LogP contribution in [0.5, 0.6) is 0 Å². The van der Waals surface area contributed by atoms with Gasteiger partial charge in [-0.2, -0.15) is 0 Å². The second-order valence-electron chi connectivity index (χ2n) is 4.34. The second-order valence-corrected chi connectivity index (χ2v) is 5.66. The van der Waals surface area contributed by atoms with Crippen LogP contribution in [0.4, 0.5) is 0 Å². The van der Waals surface area contributed by atoms with Crippen LogP contribution in [0.15, 0.2) is 12.1 Å². The first kappa shape index (κ1) is 13.7. The van der Waals surface area contributed by atoms with Crippen LogP contribution in [0.2, 0.25) is 0 Å². The average Bonchev–Trinajstić information content (AvgIpc) is 2.64. The quantitative estimate of drug-likeness (QED) is 0.788. The lowest BCUT2D eigenvalue weighted by Gasteiger charge is -2.18. The first-order valence-corrected chi connectivity index (χ1v) is 6.86. The lowest BCUT2D eigenvalue weighted by atomic mass is 10.2. The SMILES string of the molecule is CCCNC(COC(C)C)c1ccc(C)s1. The van der Waals surface area contributed by atoms with Gasteiger partial charge in [-0.3, -0.25) is 0 Å². The summed E-state index contributed by atoms with van der Waals surface area (Å²) in [6.45, 7) is 10.3. The third kappa shape index (κ3) is 4.64. The van der Waals surface area contributed by atoms with Gasteiger partial charge in [-0.25, -0.2) is 0 Å². The van der Waals surface area contributed by atoms with E-state index in [1.54, 1.807) is 0 Å². The Bertz CT molecular complexity index is 296. The molecular weight excluding hydrogens is 218 g/mol. The topological polar surface area (TPSA) is 21.3 Å². The van der Waals surface area contributed by atoms with E-state index in [9.17, 15) is 0 Å². The maximum Gasteiger partial charge on any atom is 0.0672 e.